The van der Waals surface area contributed by atoms with Crippen molar-refractivity contribution in [3.05, 3.63) is 0 Å². The van der Waals surface area contributed by atoms with Gasteiger partial charge in [-0.2, -0.15) is 47.0 Å². The van der Waals surface area contributed by atoms with Gasteiger partial charge in [0.25, 0.3) is 0 Å². The van der Waals surface area contributed by atoms with E-state index in [0.717, 1.165) is 0 Å². The van der Waals surface area contributed by atoms with Crippen LogP contribution >= 0.6 is 47.0 Å². The van der Waals surface area contributed by atoms with Gasteiger partial charge in [-0.25, -0.2) is 0 Å². The van der Waals surface area contributed by atoms with Crippen molar-refractivity contribution in [2.24, 2.45) is 0 Å². The average Bonchev–Trinajstić information content (AvgIpc) is 2.83. The van der Waals surface area contributed by atoms with E-state index in [1.807, 2.05) is 0 Å². The van der Waals surface area contributed by atoms with Gasteiger partial charge in [-0.05, 0) is 97.4 Å². The van der Waals surface area contributed by atoms with E-state index in [1.165, 1.54) is 168 Å². The first-order valence-electron chi connectivity index (χ1n) is 14.7. The van der Waals surface area contributed by atoms with Gasteiger partial charge in [-0.15, -0.1) is 0 Å². The normalized spacial score (nSPS) is 11.5. The van der Waals surface area contributed by atoms with Crippen molar-refractivity contribution in [2.75, 3.05) is 46.0 Å². The van der Waals surface area contributed by atoms with Crippen LogP contribution in [0.5, 0.6) is 0 Å². The Morgan fingerprint density at radius 2 is 0.455 bits per heavy atom. The van der Waals surface area contributed by atoms with E-state index in [-0.39, 0.29) is 0 Å². The Bertz CT molecular complexity index is 295. The minimum absolute atomic E-state index is 1.35. The van der Waals surface area contributed by atoms with Gasteiger partial charge in [0.15, 0.2) is 0 Å². The summed E-state index contributed by atoms with van der Waals surface area (Å²) >= 11 is 8.76. The number of hydrogen-bond donors (Lipinski definition) is 0. The van der Waals surface area contributed by atoms with E-state index >= 15 is 0 Å². The van der Waals surface area contributed by atoms with Gasteiger partial charge in [0.2, 0.25) is 0 Å². The van der Waals surface area contributed by atoms with Gasteiger partial charge in [0.1, 0.15) is 0 Å². The molecule has 0 amide bonds. The molecule has 0 aromatic carbocycles. The zero-order chi connectivity index (χ0) is 23.9. The summed E-state index contributed by atoms with van der Waals surface area (Å²) in [4.78, 5) is 0. The molecule has 0 aliphatic rings. The zero-order valence-corrected chi connectivity index (χ0v) is 26.0. The highest BCUT2D eigenvalue weighted by atomic mass is 32.2. The molecule has 33 heavy (non-hydrogen) atoms. The van der Waals surface area contributed by atoms with Gasteiger partial charge in [-0.3, -0.25) is 0 Å². The molecule has 0 saturated carbocycles. The molecule has 0 N–H and O–H groups in total. The van der Waals surface area contributed by atoms with E-state index < -0.39 is 0 Å². The Kier molecular flexibility index (Phi) is 34.8. The maximum atomic E-state index is 2.30. The van der Waals surface area contributed by atoms with Gasteiger partial charge >= 0.3 is 0 Å². The first-order chi connectivity index (χ1) is 16.4. The summed E-state index contributed by atoms with van der Waals surface area (Å²) in [6.07, 6.45) is 27.3. The molecule has 0 heterocycles. The molecule has 0 aromatic heterocycles. The Morgan fingerprint density at radius 1 is 0.242 bits per heavy atom. The average molecular weight is 537 g/mol. The SMILES string of the molecule is CCCCCCCCSCCCCSCCCCCCCCCSCCCCSCCCC. The molecule has 0 spiro atoms. The summed E-state index contributed by atoms with van der Waals surface area (Å²) in [5, 5.41) is 0. The third-order valence-corrected chi connectivity index (χ3v) is 10.6. The van der Waals surface area contributed by atoms with Crippen molar-refractivity contribution in [1.82, 2.24) is 0 Å². The molecule has 0 nitrogen and oxygen atoms in total. The Morgan fingerprint density at radius 3 is 0.758 bits per heavy atom. The monoisotopic (exact) mass is 536 g/mol. The van der Waals surface area contributed by atoms with Crippen LogP contribution in [0.3, 0.4) is 0 Å². The zero-order valence-electron chi connectivity index (χ0n) is 22.7. The lowest BCUT2D eigenvalue weighted by Gasteiger charge is -2.04. The van der Waals surface area contributed by atoms with E-state index in [9.17, 15) is 0 Å². The van der Waals surface area contributed by atoms with Crippen LogP contribution in [0, 0.1) is 0 Å². The molecule has 0 atom stereocenters. The first kappa shape index (κ1) is 34.4. The van der Waals surface area contributed by atoms with Crippen LogP contribution in [0.15, 0.2) is 0 Å². The van der Waals surface area contributed by atoms with E-state index in [4.69, 9.17) is 0 Å². The molecule has 0 radical (unpaired) electrons. The summed E-state index contributed by atoms with van der Waals surface area (Å²) in [6.45, 7) is 4.59. The van der Waals surface area contributed by atoms with Gasteiger partial charge in [-0.1, -0.05) is 84.5 Å². The van der Waals surface area contributed by atoms with Crippen LogP contribution in [-0.2, 0) is 0 Å². The van der Waals surface area contributed by atoms with Crippen LogP contribution in [0.4, 0.5) is 0 Å². The standard InChI is InChI=1S/C29H60S4/c1-3-5-7-8-12-15-23-31-28-20-21-29-33-25-17-14-11-9-10-13-16-24-32-27-19-18-26-30-22-6-4-2/h3-29H2,1-2H3. The highest BCUT2D eigenvalue weighted by molar-refractivity contribution is 8.00. The molecule has 0 saturated heterocycles. The lowest BCUT2D eigenvalue weighted by molar-refractivity contribution is 0.605. The smallest absolute Gasteiger partial charge is 0.00672 e. The topological polar surface area (TPSA) is 0 Å². The summed E-state index contributed by atoms with van der Waals surface area (Å²) in [5.41, 5.74) is 0. The molecule has 0 rings (SSSR count). The number of rotatable bonds is 30. The van der Waals surface area contributed by atoms with Crippen molar-refractivity contribution in [3.8, 4) is 0 Å². The molecular formula is C29H60S4. The fourth-order valence-corrected chi connectivity index (χ4v) is 7.91. The molecule has 0 unspecified atom stereocenters. The van der Waals surface area contributed by atoms with Crippen molar-refractivity contribution in [3.63, 3.8) is 0 Å². The highest BCUT2D eigenvalue weighted by Gasteiger charge is 1.97. The molecule has 0 aliphatic carbocycles. The molecule has 0 aliphatic heterocycles. The largest absolute Gasteiger partial charge is 0.162 e. The van der Waals surface area contributed by atoms with Crippen LogP contribution in [0.2, 0.25) is 0 Å². The molecule has 0 aromatic rings. The van der Waals surface area contributed by atoms with Crippen molar-refractivity contribution < 1.29 is 0 Å². The van der Waals surface area contributed by atoms with Crippen molar-refractivity contribution in [1.29, 1.82) is 0 Å². The van der Waals surface area contributed by atoms with Crippen LogP contribution in [-0.4, -0.2) is 46.0 Å². The molecule has 0 bridgehead atoms. The summed E-state index contributed by atoms with van der Waals surface area (Å²) in [7, 11) is 0. The molecule has 200 valence electrons. The highest BCUT2D eigenvalue weighted by Crippen LogP contribution is 2.16. The molecule has 4 heteroatoms. The van der Waals surface area contributed by atoms with Crippen LogP contribution < -0.4 is 0 Å². The fourth-order valence-electron chi connectivity index (χ4n) is 3.75. The van der Waals surface area contributed by atoms with E-state index in [1.54, 1.807) is 0 Å². The number of hydrogen-bond acceptors (Lipinski definition) is 4. The third-order valence-electron chi connectivity index (χ3n) is 6.02. The minimum atomic E-state index is 1.35. The van der Waals surface area contributed by atoms with Crippen LogP contribution in [0.25, 0.3) is 0 Å². The fraction of sp³-hybridized carbons (Fsp3) is 1.00. The third kappa shape index (κ3) is 33.4. The molecule has 0 fully saturated rings. The van der Waals surface area contributed by atoms with E-state index in [2.05, 4.69) is 60.9 Å². The van der Waals surface area contributed by atoms with Gasteiger partial charge in [0.05, 0.1) is 0 Å². The lowest BCUT2D eigenvalue weighted by Crippen LogP contribution is -1.89. The summed E-state index contributed by atoms with van der Waals surface area (Å²) < 4.78 is 0. The first-order valence-corrected chi connectivity index (χ1v) is 19.3. The van der Waals surface area contributed by atoms with Crippen molar-refractivity contribution in [2.45, 2.75) is 136 Å². The summed E-state index contributed by atoms with van der Waals surface area (Å²) in [6, 6.07) is 0. The second-order valence-corrected chi connectivity index (χ2v) is 14.4. The molecular weight excluding hydrogens is 477 g/mol. The van der Waals surface area contributed by atoms with Crippen molar-refractivity contribution >= 4 is 47.0 Å². The maximum Gasteiger partial charge on any atom is -0.00672 e. The Labute approximate surface area is 227 Å². The van der Waals surface area contributed by atoms with E-state index in [0.29, 0.717) is 0 Å². The predicted molar refractivity (Wildman–Crippen MR) is 168 cm³/mol. The number of thioether (sulfide) groups is 4. The second kappa shape index (κ2) is 33.4. The maximum absolute atomic E-state index is 2.30. The van der Waals surface area contributed by atoms with Gasteiger partial charge in [0, 0.05) is 0 Å². The Hall–Kier alpha value is 1.40. The Balaban J connectivity index is 2.99. The quantitative estimate of drug-likeness (QED) is 0.0836. The number of unbranched alkanes of at least 4 members (excludes halogenated alkanes) is 14. The lowest BCUT2D eigenvalue weighted by atomic mass is 10.1. The van der Waals surface area contributed by atoms with Gasteiger partial charge < -0.3 is 0 Å². The van der Waals surface area contributed by atoms with Crippen LogP contribution in [0.1, 0.15) is 136 Å². The summed E-state index contributed by atoms with van der Waals surface area (Å²) in [5.74, 6) is 11.1. The predicted octanol–water partition coefficient (Wildman–Crippen LogP) is 11.4. The minimum Gasteiger partial charge on any atom is -0.162 e. The second-order valence-electron chi connectivity index (χ2n) is 9.46.